The molecule has 0 atom stereocenters. The Kier molecular flexibility index (Phi) is 5.28. The summed E-state index contributed by atoms with van der Waals surface area (Å²) in [6.45, 7) is 1.48. The Labute approximate surface area is 167 Å². The van der Waals surface area contributed by atoms with E-state index >= 15 is 0 Å². The fraction of sp³-hybridized carbons (Fsp3) is 0.300. The molecule has 1 aliphatic rings. The number of H-pyrrole nitrogens is 1. The van der Waals surface area contributed by atoms with Gasteiger partial charge in [0.05, 0.1) is 23.2 Å². The standard InChI is InChI=1S/C20H22N6O3/c1-26-8-7-21-18-17-15(20(28)25-19(17)24-12-23-18)11-22-13-4-2-5-14(10-13)29-9-3-6-16(26)27/h2,4-5,10-12,28H,3,6-9H2,1H3,(H2,21,23,24,25). The van der Waals surface area contributed by atoms with Gasteiger partial charge in [-0.25, -0.2) is 9.97 Å². The van der Waals surface area contributed by atoms with Crippen molar-refractivity contribution in [1.82, 2.24) is 19.9 Å². The number of carbonyl (C=O) groups is 1. The summed E-state index contributed by atoms with van der Waals surface area (Å²) < 4.78 is 5.75. The molecule has 0 spiro atoms. The zero-order chi connectivity index (χ0) is 20.2. The molecule has 2 bridgehead atoms. The van der Waals surface area contributed by atoms with Crippen molar-refractivity contribution in [2.75, 3.05) is 32.1 Å². The van der Waals surface area contributed by atoms with Gasteiger partial charge in [-0.3, -0.25) is 9.79 Å². The maximum Gasteiger partial charge on any atom is 0.222 e. The molecule has 1 aliphatic heterocycles. The molecular formula is C20H22N6O3. The van der Waals surface area contributed by atoms with Gasteiger partial charge in [-0.1, -0.05) is 6.07 Å². The Morgan fingerprint density at radius 1 is 1.28 bits per heavy atom. The van der Waals surface area contributed by atoms with Gasteiger partial charge in [0.1, 0.15) is 23.5 Å². The van der Waals surface area contributed by atoms with Gasteiger partial charge in [0, 0.05) is 38.8 Å². The number of anilines is 1. The van der Waals surface area contributed by atoms with E-state index in [9.17, 15) is 9.90 Å². The summed E-state index contributed by atoms with van der Waals surface area (Å²) in [6.07, 6.45) is 4.05. The number of hydrogen-bond acceptors (Lipinski definition) is 7. The van der Waals surface area contributed by atoms with Crippen LogP contribution in [0.3, 0.4) is 0 Å². The van der Waals surface area contributed by atoms with Crippen molar-refractivity contribution in [2.45, 2.75) is 12.8 Å². The maximum atomic E-state index is 12.3. The smallest absolute Gasteiger partial charge is 0.222 e. The summed E-state index contributed by atoms with van der Waals surface area (Å²) in [5.74, 6) is 1.27. The molecule has 9 nitrogen and oxygen atoms in total. The largest absolute Gasteiger partial charge is 0.494 e. The number of likely N-dealkylation sites (N-methyl/N-ethyl adjacent to an activating group) is 1. The molecule has 0 fully saturated rings. The fourth-order valence-electron chi connectivity index (χ4n) is 3.16. The first-order valence-corrected chi connectivity index (χ1v) is 9.42. The van der Waals surface area contributed by atoms with E-state index < -0.39 is 0 Å². The highest BCUT2D eigenvalue weighted by molar-refractivity contribution is 6.06. The third kappa shape index (κ3) is 4.13. The topological polar surface area (TPSA) is 116 Å². The van der Waals surface area contributed by atoms with E-state index in [4.69, 9.17) is 4.74 Å². The van der Waals surface area contributed by atoms with Crippen LogP contribution in [0.15, 0.2) is 35.6 Å². The number of carbonyl (C=O) groups excluding carboxylic acids is 1. The average molecular weight is 394 g/mol. The van der Waals surface area contributed by atoms with Crippen LogP contribution in [-0.4, -0.2) is 63.8 Å². The molecule has 3 N–H and O–H groups in total. The molecule has 3 aromatic rings. The van der Waals surface area contributed by atoms with E-state index in [2.05, 4.69) is 25.3 Å². The van der Waals surface area contributed by atoms with Crippen molar-refractivity contribution >= 4 is 34.7 Å². The predicted molar refractivity (Wildman–Crippen MR) is 110 cm³/mol. The van der Waals surface area contributed by atoms with Gasteiger partial charge in [0.25, 0.3) is 0 Å². The number of hydrogen-bond donors (Lipinski definition) is 3. The highest BCUT2D eigenvalue weighted by atomic mass is 16.5. The molecule has 1 aromatic carbocycles. The second-order valence-electron chi connectivity index (χ2n) is 6.78. The molecule has 0 saturated heterocycles. The number of nitrogens with zero attached hydrogens (tertiary/aromatic N) is 4. The number of nitrogens with one attached hydrogen (secondary N) is 2. The Balaban J connectivity index is 1.73. The molecule has 0 unspecified atom stereocenters. The van der Waals surface area contributed by atoms with Crippen LogP contribution in [-0.2, 0) is 4.79 Å². The second kappa shape index (κ2) is 8.17. The highest BCUT2D eigenvalue weighted by Gasteiger charge is 2.16. The minimum Gasteiger partial charge on any atom is -0.494 e. The van der Waals surface area contributed by atoms with Crippen LogP contribution in [0.5, 0.6) is 11.6 Å². The molecule has 4 rings (SSSR count). The van der Waals surface area contributed by atoms with Gasteiger partial charge in [-0.05, 0) is 18.6 Å². The summed E-state index contributed by atoms with van der Waals surface area (Å²) in [5.41, 5.74) is 1.67. The Bertz CT molecular complexity index is 1060. The number of aromatic nitrogens is 3. The van der Waals surface area contributed by atoms with Crippen LogP contribution in [0.4, 0.5) is 11.5 Å². The van der Waals surface area contributed by atoms with Gasteiger partial charge in [0.2, 0.25) is 5.91 Å². The SMILES string of the molecule is CN1CCNc2ncnc3[nH]c(O)c(c23)C=Nc2cccc(c2)OCCCC1=O. The molecule has 0 radical (unpaired) electrons. The zero-order valence-electron chi connectivity index (χ0n) is 16.1. The number of benzene rings is 1. The number of amides is 1. The van der Waals surface area contributed by atoms with Crippen LogP contribution in [0.1, 0.15) is 18.4 Å². The van der Waals surface area contributed by atoms with Crippen molar-refractivity contribution in [3.8, 4) is 11.6 Å². The van der Waals surface area contributed by atoms with E-state index in [1.165, 1.54) is 6.33 Å². The lowest BCUT2D eigenvalue weighted by atomic mass is 10.2. The zero-order valence-corrected chi connectivity index (χ0v) is 16.1. The number of fused-ring (bicyclic) bond motifs is 2. The normalized spacial score (nSPS) is 15.6. The monoisotopic (exact) mass is 394 g/mol. The molecule has 3 heterocycles. The third-order valence-corrected chi connectivity index (χ3v) is 4.74. The van der Waals surface area contributed by atoms with Gasteiger partial charge >= 0.3 is 0 Å². The minimum absolute atomic E-state index is 0.0371. The van der Waals surface area contributed by atoms with Crippen molar-refractivity contribution in [1.29, 1.82) is 0 Å². The van der Waals surface area contributed by atoms with Gasteiger partial charge in [-0.15, -0.1) is 0 Å². The molecule has 2 aromatic heterocycles. The van der Waals surface area contributed by atoms with E-state index in [1.54, 1.807) is 18.2 Å². The van der Waals surface area contributed by atoms with Crippen molar-refractivity contribution in [2.24, 2.45) is 4.99 Å². The van der Waals surface area contributed by atoms with E-state index in [1.807, 2.05) is 24.3 Å². The Morgan fingerprint density at radius 3 is 3.07 bits per heavy atom. The first-order valence-electron chi connectivity index (χ1n) is 9.42. The predicted octanol–water partition coefficient (Wildman–Crippen LogP) is 2.46. The third-order valence-electron chi connectivity index (χ3n) is 4.74. The summed E-state index contributed by atoms with van der Waals surface area (Å²) in [7, 11) is 1.78. The highest BCUT2D eigenvalue weighted by Crippen LogP contribution is 2.30. The molecule has 0 saturated carbocycles. The van der Waals surface area contributed by atoms with Crippen LogP contribution < -0.4 is 10.1 Å². The number of ether oxygens (including phenoxy) is 1. The molecule has 29 heavy (non-hydrogen) atoms. The molecular weight excluding hydrogens is 372 g/mol. The Hall–Kier alpha value is -3.62. The van der Waals surface area contributed by atoms with E-state index in [-0.39, 0.29) is 11.8 Å². The van der Waals surface area contributed by atoms with Gasteiger partial charge in [-0.2, -0.15) is 0 Å². The minimum atomic E-state index is -0.0371. The van der Waals surface area contributed by atoms with Crippen molar-refractivity contribution in [3.05, 3.63) is 36.2 Å². The number of aromatic hydroxyl groups is 1. The summed E-state index contributed by atoms with van der Waals surface area (Å²) in [6, 6.07) is 7.35. The van der Waals surface area contributed by atoms with Crippen LogP contribution >= 0.6 is 0 Å². The van der Waals surface area contributed by atoms with Crippen LogP contribution in [0.25, 0.3) is 11.0 Å². The number of aliphatic imine (C=N–C) groups is 1. The lowest BCUT2D eigenvalue weighted by Crippen LogP contribution is -2.31. The van der Waals surface area contributed by atoms with Gasteiger partial charge in [0.15, 0.2) is 5.88 Å². The lowest BCUT2D eigenvalue weighted by Gasteiger charge is -2.18. The lowest BCUT2D eigenvalue weighted by molar-refractivity contribution is -0.129. The Morgan fingerprint density at radius 2 is 2.17 bits per heavy atom. The molecule has 9 heteroatoms. The first kappa shape index (κ1) is 18.7. The average Bonchev–Trinajstić information content (AvgIpc) is 3.05. The molecule has 1 amide bonds. The van der Waals surface area contributed by atoms with Gasteiger partial charge < -0.3 is 25.0 Å². The second-order valence-corrected chi connectivity index (χ2v) is 6.78. The van der Waals surface area contributed by atoms with E-state index in [0.717, 1.165) is 0 Å². The van der Waals surface area contributed by atoms with Crippen molar-refractivity contribution < 1.29 is 14.6 Å². The summed E-state index contributed by atoms with van der Waals surface area (Å²) in [5, 5.41) is 14.2. The first-order chi connectivity index (χ1) is 14.1. The summed E-state index contributed by atoms with van der Waals surface area (Å²) in [4.78, 5) is 29.8. The van der Waals surface area contributed by atoms with Crippen LogP contribution in [0, 0.1) is 0 Å². The van der Waals surface area contributed by atoms with Crippen molar-refractivity contribution in [3.63, 3.8) is 0 Å². The number of aromatic amines is 1. The number of rotatable bonds is 0. The summed E-state index contributed by atoms with van der Waals surface area (Å²) >= 11 is 0. The van der Waals surface area contributed by atoms with E-state index in [0.29, 0.717) is 66.4 Å². The maximum absolute atomic E-state index is 12.3. The quantitative estimate of drug-likeness (QED) is 0.539. The fourth-order valence-corrected chi connectivity index (χ4v) is 3.16. The molecule has 0 aliphatic carbocycles. The molecule has 150 valence electrons. The van der Waals surface area contributed by atoms with Crippen LogP contribution in [0.2, 0.25) is 0 Å².